The molecule has 0 radical (unpaired) electrons. The fourth-order valence-electron chi connectivity index (χ4n) is 6.84. The van der Waals surface area contributed by atoms with Gasteiger partial charge in [0, 0.05) is 53.8 Å². The van der Waals surface area contributed by atoms with Gasteiger partial charge in [0.05, 0.1) is 17.1 Å². The molecule has 8 nitrogen and oxygen atoms in total. The smallest absolute Gasteiger partial charge is 0.164 e. The SMILES string of the molecule is CCc1sc(-c2ccc(-c3nn(C4CCC(N5CCN(C)CC5)CC4)c4ncnc(N)c34)cc2)nc1-c1ccccc1C. The molecule has 222 valence electrons. The summed E-state index contributed by atoms with van der Waals surface area (Å²) in [6.07, 6.45) is 7.11. The van der Waals surface area contributed by atoms with E-state index in [9.17, 15) is 0 Å². The van der Waals surface area contributed by atoms with Crippen LogP contribution >= 0.6 is 11.3 Å². The van der Waals surface area contributed by atoms with Crippen LogP contribution in [-0.4, -0.2) is 73.8 Å². The van der Waals surface area contributed by atoms with Crippen molar-refractivity contribution in [1.82, 2.24) is 34.5 Å². The summed E-state index contributed by atoms with van der Waals surface area (Å²) in [6, 6.07) is 18.1. The highest BCUT2D eigenvalue weighted by molar-refractivity contribution is 7.15. The topological polar surface area (TPSA) is 89.0 Å². The molecular weight excluding hydrogens is 552 g/mol. The summed E-state index contributed by atoms with van der Waals surface area (Å²) in [5, 5.41) is 7.06. The highest BCUT2D eigenvalue weighted by atomic mass is 32.1. The second-order valence-electron chi connectivity index (χ2n) is 12.1. The molecule has 0 atom stereocenters. The predicted molar refractivity (Wildman–Crippen MR) is 176 cm³/mol. The molecule has 0 amide bonds. The summed E-state index contributed by atoms with van der Waals surface area (Å²) in [5.41, 5.74) is 13.9. The first kappa shape index (κ1) is 28.1. The van der Waals surface area contributed by atoms with E-state index >= 15 is 0 Å². The Balaban J connectivity index is 1.16. The van der Waals surface area contributed by atoms with Crippen molar-refractivity contribution in [2.45, 2.75) is 58.0 Å². The fourth-order valence-corrected chi connectivity index (χ4v) is 7.86. The zero-order chi connectivity index (χ0) is 29.5. The van der Waals surface area contributed by atoms with Gasteiger partial charge in [0.25, 0.3) is 0 Å². The molecule has 0 bridgehead atoms. The van der Waals surface area contributed by atoms with Crippen LogP contribution in [0, 0.1) is 6.92 Å². The second-order valence-corrected chi connectivity index (χ2v) is 13.2. The maximum Gasteiger partial charge on any atom is 0.164 e. The molecule has 1 saturated carbocycles. The highest BCUT2D eigenvalue weighted by Crippen LogP contribution is 2.39. The van der Waals surface area contributed by atoms with E-state index in [1.165, 1.54) is 41.9 Å². The number of benzene rings is 2. The number of aryl methyl sites for hydroxylation is 2. The second kappa shape index (κ2) is 11.8. The number of anilines is 1. The third-order valence-electron chi connectivity index (χ3n) is 9.41. The molecule has 4 heterocycles. The molecule has 2 N–H and O–H groups in total. The largest absolute Gasteiger partial charge is 0.383 e. The number of hydrogen-bond acceptors (Lipinski definition) is 8. The zero-order valence-corrected chi connectivity index (χ0v) is 26.1. The van der Waals surface area contributed by atoms with E-state index in [1.54, 1.807) is 17.7 Å². The molecular formula is C34H40N8S. The number of aromatic nitrogens is 5. The van der Waals surface area contributed by atoms with Gasteiger partial charge in [0.15, 0.2) is 5.65 Å². The third kappa shape index (κ3) is 5.34. The summed E-state index contributed by atoms with van der Waals surface area (Å²) in [7, 11) is 2.22. The van der Waals surface area contributed by atoms with Crippen LogP contribution in [0.5, 0.6) is 0 Å². The summed E-state index contributed by atoms with van der Waals surface area (Å²) >= 11 is 1.78. The Morgan fingerprint density at radius 3 is 2.28 bits per heavy atom. The quantitative estimate of drug-likeness (QED) is 0.242. The minimum atomic E-state index is 0.316. The average molecular weight is 593 g/mol. The number of nitrogens with zero attached hydrogens (tertiary/aromatic N) is 7. The Bertz CT molecular complexity index is 1720. The van der Waals surface area contributed by atoms with Crippen LogP contribution in [0.25, 0.3) is 44.1 Å². The molecule has 2 aromatic carbocycles. The average Bonchev–Trinajstić information content (AvgIpc) is 3.65. The van der Waals surface area contributed by atoms with E-state index in [-0.39, 0.29) is 0 Å². The molecule has 1 aliphatic carbocycles. The number of rotatable bonds is 6. The number of nitrogen functional groups attached to an aromatic ring is 1. The van der Waals surface area contributed by atoms with E-state index in [2.05, 4.69) is 93.9 Å². The van der Waals surface area contributed by atoms with Gasteiger partial charge in [-0.05, 0) is 51.6 Å². The molecule has 9 heteroatoms. The van der Waals surface area contributed by atoms with E-state index in [4.69, 9.17) is 15.8 Å². The maximum absolute atomic E-state index is 6.47. The lowest BCUT2D eigenvalue weighted by Crippen LogP contribution is -2.49. The van der Waals surface area contributed by atoms with Gasteiger partial charge in [0.1, 0.15) is 22.8 Å². The number of hydrogen-bond donors (Lipinski definition) is 1. The fraction of sp³-hybridized carbons (Fsp3) is 0.412. The minimum Gasteiger partial charge on any atom is -0.383 e. The first-order valence-electron chi connectivity index (χ1n) is 15.6. The molecule has 1 saturated heterocycles. The van der Waals surface area contributed by atoms with Gasteiger partial charge in [-0.3, -0.25) is 4.90 Å². The van der Waals surface area contributed by atoms with Crippen LogP contribution in [0.2, 0.25) is 0 Å². The lowest BCUT2D eigenvalue weighted by Gasteiger charge is -2.41. The molecule has 43 heavy (non-hydrogen) atoms. The number of fused-ring (bicyclic) bond motifs is 1. The maximum atomic E-state index is 6.47. The minimum absolute atomic E-state index is 0.316. The van der Waals surface area contributed by atoms with Gasteiger partial charge < -0.3 is 10.6 Å². The van der Waals surface area contributed by atoms with Crippen molar-refractivity contribution in [3.8, 4) is 33.1 Å². The molecule has 0 spiro atoms. The van der Waals surface area contributed by atoms with Gasteiger partial charge in [-0.2, -0.15) is 5.10 Å². The van der Waals surface area contributed by atoms with Crippen molar-refractivity contribution in [2.24, 2.45) is 0 Å². The van der Waals surface area contributed by atoms with Crippen LogP contribution in [0.4, 0.5) is 5.82 Å². The first-order chi connectivity index (χ1) is 21.0. The zero-order valence-electron chi connectivity index (χ0n) is 25.3. The molecule has 1 aliphatic heterocycles. The summed E-state index contributed by atoms with van der Waals surface area (Å²) in [5.74, 6) is 0.483. The number of piperazine rings is 1. The summed E-state index contributed by atoms with van der Waals surface area (Å²) in [4.78, 5) is 20.6. The highest BCUT2D eigenvalue weighted by Gasteiger charge is 2.30. The lowest BCUT2D eigenvalue weighted by molar-refractivity contribution is 0.0815. The summed E-state index contributed by atoms with van der Waals surface area (Å²) < 4.78 is 2.14. The molecule has 7 rings (SSSR count). The van der Waals surface area contributed by atoms with E-state index < -0.39 is 0 Å². The van der Waals surface area contributed by atoms with Crippen LogP contribution < -0.4 is 5.73 Å². The Hall–Kier alpha value is -3.66. The monoisotopic (exact) mass is 592 g/mol. The Labute approximate surface area is 257 Å². The number of thiazole rings is 1. The third-order valence-corrected chi connectivity index (χ3v) is 10.7. The number of likely N-dealkylation sites (N-methyl/N-ethyl adjacent to an activating group) is 1. The van der Waals surface area contributed by atoms with Gasteiger partial charge in [-0.25, -0.2) is 19.6 Å². The molecule has 2 aliphatic rings. The Morgan fingerprint density at radius 1 is 0.860 bits per heavy atom. The molecule has 2 fully saturated rings. The van der Waals surface area contributed by atoms with Crippen molar-refractivity contribution in [3.63, 3.8) is 0 Å². The van der Waals surface area contributed by atoms with E-state index in [0.717, 1.165) is 70.9 Å². The van der Waals surface area contributed by atoms with E-state index in [1.807, 2.05) is 0 Å². The van der Waals surface area contributed by atoms with Gasteiger partial charge >= 0.3 is 0 Å². The van der Waals surface area contributed by atoms with Crippen LogP contribution in [0.3, 0.4) is 0 Å². The normalized spacial score (nSPS) is 20.2. The van der Waals surface area contributed by atoms with Crippen LogP contribution in [0.15, 0.2) is 54.9 Å². The Kier molecular flexibility index (Phi) is 7.71. The molecule has 3 aromatic heterocycles. The van der Waals surface area contributed by atoms with Crippen molar-refractivity contribution in [2.75, 3.05) is 39.0 Å². The van der Waals surface area contributed by atoms with Crippen molar-refractivity contribution in [1.29, 1.82) is 0 Å². The van der Waals surface area contributed by atoms with Gasteiger partial charge in [-0.1, -0.05) is 55.5 Å². The Morgan fingerprint density at radius 2 is 1.56 bits per heavy atom. The summed E-state index contributed by atoms with van der Waals surface area (Å²) in [6.45, 7) is 9.04. The van der Waals surface area contributed by atoms with Gasteiger partial charge in [0.2, 0.25) is 0 Å². The molecule has 5 aromatic rings. The molecule has 0 unspecified atom stereocenters. The predicted octanol–water partition coefficient (Wildman–Crippen LogP) is 6.47. The van der Waals surface area contributed by atoms with Crippen molar-refractivity contribution < 1.29 is 0 Å². The van der Waals surface area contributed by atoms with Crippen LogP contribution in [0.1, 0.15) is 49.1 Å². The number of nitrogens with two attached hydrogens (primary N) is 1. The van der Waals surface area contributed by atoms with Crippen LogP contribution in [-0.2, 0) is 6.42 Å². The standard InChI is InChI=1S/C34H40N8S/c1-4-28-31(27-8-6-5-7-22(27)2)38-34(43-28)24-11-9-23(10-12-24)30-29-32(35)36-21-37-33(29)42(39-30)26-15-13-25(14-16-26)41-19-17-40(3)18-20-41/h5-12,21,25-26H,4,13-20H2,1-3H3,(H2,35,36,37). The van der Waals surface area contributed by atoms with Crippen molar-refractivity contribution >= 4 is 28.2 Å². The van der Waals surface area contributed by atoms with Gasteiger partial charge in [-0.15, -0.1) is 11.3 Å². The van der Waals surface area contributed by atoms with Crippen molar-refractivity contribution in [3.05, 3.63) is 65.3 Å². The van der Waals surface area contributed by atoms with E-state index in [0.29, 0.717) is 17.9 Å². The lowest BCUT2D eigenvalue weighted by atomic mass is 9.90. The first-order valence-corrected chi connectivity index (χ1v) is 16.4.